The van der Waals surface area contributed by atoms with Crippen LogP contribution in [0.15, 0.2) is 30.5 Å². The number of anilines is 1. The number of aromatic nitrogens is 1. The van der Waals surface area contributed by atoms with Gasteiger partial charge in [-0.3, -0.25) is 0 Å². The Morgan fingerprint density at radius 2 is 1.94 bits per heavy atom. The monoisotopic (exact) mass is 245 g/mol. The van der Waals surface area contributed by atoms with Gasteiger partial charge in [-0.25, -0.2) is 9.37 Å². The van der Waals surface area contributed by atoms with Crippen molar-refractivity contribution >= 4 is 16.6 Å². The Bertz CT molecular complexity index is 562. The Balaban J connectivity index is 2.04. The fraction of sp³-hybridized carbons (Fsp3) is 0.357. The van der Waals surface area contributed by atoms with Crippen LogP contribution in [-0.2, 0) is 0 Å². The third kappa shape index (κ3) is 1.93. The first-order valence-corrected chi connectivity index (χ1v) is 6.29. The molecule has 1 aliphatic rings. The van der Waals surface area contributed by atoms with Crippen LogP contribution in [0.5, 0.6) is 0 Å². The molecule has 0 spiro atoms. The third-order valence-electron chi connectivity index (χ3n) is 3.57. The molecule has 1 aliphatic heterocycles. The topological polar surface area (TPSA) is 42.1 Å². The van der Waals surface area contributed by atoms with E-state index < -0.39 is 0 Å². The molecule has 0 atom stereocenters. The normalized spacial score (nSPS) is 17.3. The van der Waals surface area contributed by atoms with Gasteiger partial charge in [-0.15, -0.1) is 0 Å². The van der Waals surface area contributed by atoms with Crippen LogP contribution < -0.4 is 10.6 Å². The highest BCUT2D eigenvalue weighted by atomic mass is 19.1. The average Bonchev–Trinajstić information content (AvgIpc) is 2.40. The van der Waals surface area contributed by atoms with Crippen LogP contribution in [0.3, 0.4) is 0 Å². The van der Waals surface area contributed by atoms with Gasteiger partial charge < -0.3 is 10.6 Å². The molecule has 1 aromatic carbocycles. The second kappa shape index (κ2) is 4.53. The van der Waals surface area contributed by atoms with Gasteiger partial charge in [0.25, 0.3) is 0 Å². The van der Waals surface area contributed by atoms with Gasteiger partial charge in [0.2, 0.25) is 0 Å². The first-order chi connectivity index (χ1) is 8.75. The summed E-state index contributed by atoms with van der Waals surface area (Å²) in [5, 5.41) is 1.52. The van der Waals surface area contributed by atoms with Crippen LogP contribution in [0.2, 0.25) is 0 Å². The van der Waals surface area contributed by atoms with Crippen molar-refractivity contribution in [2.45, 2.75) is 18.9 Å². The van der Waals surface area contributed by atoms with E-state index in [-0.39, 0.29) is 11.9 Å². The molecule has 1 aromatic heterocycles. The van der Waals surface area contributed by atoms with Crippen molar-refractivity contribution in [1.82, 2.24) is 4.98 Å². The number of nitrogens with two attached hydrogens (primary N) is 1. The lowest BCUT2D eigenvalue weighted by Gasteiger charge is -2.31. The summed E-state index contributed by atoms with van der Waals surface area (Å²) in [7, 11) is 0. The lowest BCUT2D eigenvalue weighted by Crippen LogP contribution is -2.40. The van der Waals surface area contributed by atoms with E-state index in [1.807, 2.05) is 6.07 Å². The first kappa shape index (κ1) is 11.4. The van der Waals surface area contributed by atoms with Crippen molar-refractivity contribution in [2.24, 2.45) is 5.73 Å². The molecule has 0 unspecified atom stereocenters. The SMILES string of the molecule is NC1CCN(c2nccc3c(F)cccc23)CC1. The predicted molar refractivity (Wildman–Crippen MR) is 71.1 cm³/mol. The van der Waals surface area contributed by atoms with E-state index in [1.165, 1.54) is 6.07 Å². The van der Waals surface area contributed by atoms with E-state index >= 15 is 0 Å². The van der Waals surface area contributed by atoms with Crippen molar-refractivity contribution in [3.63, 3.8) is 0 Å². The summed E-state index contributed by atoms with van der Waals surface area (Å²) in [5.74, 6) is 0.684. The maximum absolute atomic E-state index is 13.7. The molecule has 0 amide bonds. The smallest absolute Gasteiger partial charge is 0.136 e. The highest BCUT2D eigenvalue weighted by molar-refractivity contribution is 5.92. The molecule has 1 fully saturated rings. The van der Waals surface area contributed by atoms with Crippen molar-refractivity contribution in [2.75, 3.05) is 18.0 Å². The van der Waals surface area contributed by atoms with Gasteiger partial charge in [-0.05, 0) is 25.0 Å². The highest BCUT2D eigenvalue weighted by Crippen LogP contribution is 2.27. The fourth-order valence-electron chi connectivity index (χ4n) is 2.52. The Hall–Kier alpha value is -1.68. The quantitative estimate of drug-likeness (QED) is 0.838. The van der Waals surface area contributed by atoms with Gasteiger partial charge in [0.15, 0.2) is 0 Å². The first-order valence-electron chi connectivity index (χ1n) is 6.29. The minimum Gasteiger partial charge on any atom is -0.356 e. The molecule has 18 heavy (non-hydrogen) atoms. The minimum atomic E-state index is -0.190. The van der Waals surface area contributed by atoms with E-state index in [4.69, 9.17) is 5.73 Å². The molecule has 3 rings (SSSR count). The van der Waals surface area contributed by atoms with E-state index in [0.29, 0.717) is 5.39 Å². The van der Waals surface area contributed by atoms with Crippen LogP contribution in [0.4, 0.5) is 10.2 Å². The van der Waals surface area contributed by atoms with Gasteiger partial charge in [-0.1, -0.05) is 12.1 Å². The number of piperidine rings is 1. The molecule has 0 bridgehead atoms. The zero-order valence-corrected chi connectivity index (χ0v) is 10.1. The molecule has 2 N–H and O–H groups in total. The number of hydrogen-bond acceptors (Lipinski definition) is 3. The Morgan fingerprint density at radius 3 is 2.72 bits per heavy atom. The van der Waals surface area contributed by atoms with Crippen LogP contribution in [0, 0.1) is 5.82 Å². The fourth-order valence-corrected chi connectivity index (χ4v) is 2.52. The van der Waals surface area contributed by atoms with Gasteiger partial charge in [0.05, 0.1) is 0 Å². The lowest BCUT2D eigenvalue weighted by molar-refractivity contribution is 0.499. The Kier molecular flexibility index (Phi) is 2.88. The molecule has 2 heterocycles. The predicted octanol–water partition coefficient (Wildman–Crippen LogP) is 2.30. The molecule has 1 saturated heterocycles. The van der Waals surface area contributed by atoms with Gasteiger partial charge in [0.1, 0.15) is 11.6 Å². The zero-order valence-electron chi connectivity index (χ0n) is 10.1. The molecule has 2 aromatic rings. The summed E-state index contributed by atoms with van der Waals surface area (Å²) < 4.78 is 13.7. The number of hydrogen-bond donors (Lipinski definition) is 1. The summed E-state index contributed by atoms with van der Waals surface area (Å²) in [5.41, 5.74) is 5.90. The van der Waals surface area contributed by atoms with Gasteiger partial charge >= 0.3 is 0 Å². The summed E-state index contributed by atoms with van der Waals surface area (Å²) in [6.45, 7) is 1.79. The van der Waals surface area contributed by atoms with Crippen molar-refractivity contribution in [3.8, 4) is 0 Å². The summed E-state index contributed by atoms with van der Waals surface area (Å²) in [4.78, 5) is 6.61. The maximum atomic E-state index is 13.7. The maximum Gasteiger partial charge on any atom is 0.136 e. The van der Waals surface area contributed by atoms with Crippen LogP contribution in [-0.4, -0.2) is 24.1 Å². The number of nitrogens with zero attached hydrogens (tertiary/aromatic N) is 2. The Morgan fingerprint density at radius 1 is 1.17 bits per heavy atom. The largest absolute Gasteiger partial charge is 0.356 e. The van der Waals surface area contributed by atoms with Crippen LogP contribution in [0.25, 0.3) is 10.8 Å². The summed E-state index contributed by atoms with van der Waals surface area (Å²) in [6.07, 6.45) is 3.61. The van der Waals surface area contributed by atoms with E-state index in [2.05, 4.69) is 9.88 Å². The number of fused-ring (bicyclic) bond motifs is 1. The standard InChI is InChI=1S/C14H16FN3/c15-13-3-1-2-12-11(13)4-7-17-14(12)18-8-5-10(16)6-9-18/h1-4,7,10H,5-6,8-9,16H2. The number of halogens is 1. The molecular weight excluding hydrogens is 229 g/mol. The number of pyridine rings is 1. The van der Waals surface area contributed by atoms with Gasteiger partial charge in [0, 0.05) is 36.1 Å². The summed E-state index contributed by atoms with van der Waals surface area (Å²) >= 11 is 0. The van der Waals surface area contributed by atoms with Crippen LogP contribution in [0.1, 0.15) is 12.8 Å². The van der Waals surface area contributed by atoms with E-state index in [1.54, 1.807) is 18.3 Å². The molecule has 94 valence electrons. The van der Waals surface area contributed by atoms with E-state index in [9.17, 15) is 4.39 Å². The zero-order chi connectivity index (χ0) is 12.5. The molecule has 4 heteroatoms. The molecule has 0 aliphatic carbocycles. The third-order valence-corrected chi connectivity index (χ3v) is 3.57. The highest BCUT2D eigenvalue weighted by Gasteiger charge is 2.19. The molecule has 3 nitrogen and oxygen atoms in total. The van der Waals surface area contributed by atoms with Crippen molar-refractivity contribution in [3.05, 3.63) is 36.3 Å². The Labute approximate surface area is 105 Å². The van der Waals surface area contributed by atoms with Crippen LogP contribution >= 0.6 is 0 Å². The molecular formula is C14H16FN3. The lowest BCUT2D eigenvalue weighted by atomic mass is 10.0. The molecule has 0 saturated carbocycles. The van der Waals surface area contributed by atoms with Crippen molar-refractivity contribution in [1.29, 1.82) is 0 Å². The van der Waals surface area contributed by atoms with Crippen molar-refractivity contribution < 1.29 is 4.39 Å². The second-order valence-electron chi connectivity index (χ2n) is 4.79. The minimum absolute atomic E-state index is 0.190. The van der Waals surface area contributed by atoms with E-state index in [0.717, 1.165) is 37.1 Å². The van der Waals surface area contributed by atoms with Gasteiger partial charge in [-0.2, -0.15) is 0 Å². The second-order valence-corrected chi connectivity index (χ2v) is 4.79. The number of rotatable bonds is 1. The molecule has 0 radical (unpaired) electrons. The summed E-state index contributed by atoms with van der Waals surface area (Å²) in [6, 6.07) is 7.16. The average molecular weight is 245 g/mol. The number of benzene rings is 1.